The average molecular weight is 243 g/mol. The van der Waals surface area contributed by atoms with Gasteiger partial charge >= 0.3 is 0 Å². The van der Waals surface area contributed by atoms with Crippen molar-refractivity contribution in [3.8, 4) is 0 Å². The number of nitrogens with two attached hydrogens (primary N) is 1. The van der Waals surface area contributed by atoms with Crippen LogP contribution >= 0.6 is 0 Å². The Morgan fingerprint density at radius 2 is 1.88 bits per heavy atom. The summed E-state index contributed by atoms with van der Waals surface area (Å²) in [5.41, 5.74) is 5.46. The van der Waals surface area contributed by atoms with Crippen LogP contribution in [0.15, 0.2) is 0 Å². The van der Waals surface area contributed by atoms with Crippen molar-refractivity contribution in [3.05, 3.63) is 0 Å². The number of amides is 2. The number of hydrogen-bond acceptors (Lipinski definition) is 3. The molecule has 0 bridgehead atoms. The highest BCUT2D eigenvalue weighted by Gasteiger charge is 2.13. The van der Waals surface area contributed by atoms with Gasteiger partial charge in [-0.25, -0.2) is 0 Å². The van der Waals surface area contributed by atoms with E-state index in [1.54, 1.807) is 0 Å². The maximum Gasteiger partial charge on any atom is 0.224 e. The monoisotopic (exact) mass is 243 g/mol. The Labute approximate surface area is 104 Å². The molecule has 0 aromatic carbocycles. The highest BCUT2D eigenvalue weighted by atomic mass is 16.2. The molecular weight excluding hydrogens is 218 g/mol. The van der Waals surface area contributed by atoms with Crippen molar-refractivity contribution in [2.24, 2.45) is 17.6 Å². The van der Waals surface area contributed by atoms with Gasteiger partial charge < -0.3 is 16.4 Å². The predicted octanol–water partition coefficient (Wildman–Crippen LogP) is 0.250. The second-order valence-corrected chi connectivity index (χ2v) is 4.58. The molecule has 0 aliphatic carbocycles. The molecule has 5 nitrogen and oxygen atoms in total. The van der Waals surface area contributed by atoms with Gasteiger partial charge in [-0.05, 0) is 12.3 Å². The molecule has 0 fully saturated rings. The van der Waals surface area contributed by atoms with Gasteiger partial charge in [0.1, 0.15) is 0 Å². The van der Waals surface area contributed by atoms with Gasteiger partial charge in [-0.15, -0.1) is 0 Å². The fraction of sp³-hybridized carbons (Fsp3) is 0.833. The minimum Gasteiger partial charge on any atom is -0.356 e. The maximum atomic E-state index is 11.5. The van der Waals surface area contributed by atoms with E-state index in [1.165, 1.54) is 0 Å². The third-order valence-electron chi connectivity index (χ3n) is 2.51. The Bertz CT molecular complexity index is 238. The molecule has 0 radical (unpaired) electrons. The molecule has 0 saturated heterocycles. The normalized spacial score (nSPS) is 12.3. The molecule has 0 aromatic heterocycles. The fourth-order valence-electron chi connectivity index (χ4n) is 1.31. The maximum absolute atomic E-state index is 11.5. The zero-order chi connectivity index (χ0) is 13.3. The van der Waals surface area contributed by atoms with E-state index in [9.17, 15) is 9.59 Å². The van der Waals surface area contributed by atoms with Gasteiger partial charge in [0.2, 0.25) is 11.8 Å². The largest absolute Gasteiger partial charge is 0.356 e. The Morgan fingerprint density at radius 3 is 2.35 bits per heavy atom. The first-order valence-corrected chi connectivity index (χ1v) is 6.25. The third-order valence-corrected chi connectivity index (χ3v) is 2.51. The van der Waals surface area contributed by atoms with Crippen molar-refractivity contribution in [2.75, 3.05) is 19.6 Å². The molecular formula is C12H25N3O2. The van der Waals surface area contributed by atoms with Crippen LogP contribution in [0.3, 0.4) is 0 Å². The van der Waals surface area contributed by atoms with E-state index in [0.717, 1.165) is 6.42 Å². The van der Waals surface area contributed by atoms with Gasteiger partial charge in [-0.3, -0.25) is 9.59 Å². The molecule has 100 valence electrons. The molecule has 4 N–H and O–H groups in total. The number of rotatable bonds is 8. The van der Waals surface area contributed by atoms with Crippen LogP contribution in [0.5, 0.6) is 0 Å². The van der Waals surface area contributed by atoms with E-state index in [4.69, 9.17) is 5.73 Å². The van der Waals surface area contributed by atoms with E-state index in [0.29, 0.717) is 32.0 Å². The molecule has 0 saturated carbocycles. The molecule has 0 aromatic rings. The number of hydrogen-bond donors (Lipinski definition) is 3. The summed E-state index contributed by atoms with van der Waals surface area (Å²) in [6, 6.07) is 0. The number of carbonyl (C=O) groups is 2. The smallest absolute Gasteiger partial charge is 0.224 e. The zero-order valence-electron chi connectivity index (χ0n) is 11.1. The van der Waals surface area contributed by atoms with Crippen LogP contribution in [0.2, 0.25) is 0 Å². The average Bonchev–Trinajstić information content (AvgIpc) is 2.28. The quantitative estimate of drug-likeness (QED) is 0.571. The lowest BCUT2D eigenvalue weighted by Crippen LogP contribution is -2.37. The van der Waals surface area contributed by atoms with Crippen LogP contribution in [0.4, 0.5) is 0 Å². The number of carbonyl (C=O) groups excluding carboxylic acids is 2. The van der Waals surface area contributed by atoms with Crippen LogP contribution in [-0.4, -0.2) is 31.4 Å². The molecule has 1 unspecified atom stereocenters. The molecule has 17 heavy (non-hydrogen) atoms. The van der Waals surface area contributed by atoms with Crippen LogP contribution in [0, 0.1) is 11.8 Å². The van der Waals surface area contributed by atoms with Gasteiger partial charge in [0.15, 0.2) is 0 Å². The molecule has 0 heterocycles. The zero-order valence-corrected chi connectivity index (χ0v) is 11.1. The van der Waals surface area contributed by atoms with Crippen molar-refractivity contribution in [3.63, 3.8) is 0 Å². The minimum absolute atomic E-state index is 0.0280. The lowest BCUT2D eigenvalue weighted by atomic mass is 10.1. The van der Waals surface area contributed by atoms with Crippen LogP contribution in [-0.2, 0) is 9.59 Å². The molecule has 5 heteroatoms. The van der Waals surface area contributed by atoms with Crippen molar-refractivity contribution in [1.29, 1.82) is 0 Å². The fourth-order valence-corrected chi connectivity index (χ4v) is 1.31. The summed E-state index contributed by atoms with van der Waals surface area (Å²) in [5.74, 6) is 0.204. The van der Waals surface area contributed by atoms with E-state index in [2.05, 4.69) is 10.6 Å². The Balaban J connectivity index is 3.69. The topological polar surface area (TPSA) is 84.2 Å². The van der Waals surface area contributed by atoms with Gasteiger partial charge in [0.25, 0.3) is 0 Å². The lowest BCUT2D eigenvalue weighted by molar-refractivity contribution is -0.125. The molecule has 2 amide bonds. The molecule has 0 rings (SSSR count). The summed E-state index contributed by atoms with van der Waals surface area (Å²) in [5, 5.41) is 5.52. The molecule has 0 spiro atoms. The van der Waals surface area contributed by atoms with E-state index >= 15 is 0 Å². The highest BCUT2D eigenvalue weighted by molar-refractivity contribution is 5.80. The van der Waals surface area contributed by atoms with E-state index < -0.39 is 0 Å². The lowest BCUT2D eigenvalue weighted by Gasteiger charge is -2.12. The molecule has 0 aliphatic rings. The predicted molar refractivity (Wildman–Crippen MR) is 68.3 cm³/mol. The van der Waals surface area contributed by atoms with Crippen LogP contribution < -0.4 is 16.4 Å². The van der Waals surface area contributed by atoms with Crippen molar-refractivity contribution < 1.29 is 9.59 Å². The SMILES string of the molecule is CCC(CN)C(=O)NCCC(=O)NCC(C)C. The first-order valence-electron chi connectivity index (χ1n) is 6.25. The van der Waals surface area contributed by atoms with Gasteiger partial charge in [0.05, 0.1) is 0 Å². The minimum atomic E-state index is -0.145. The van der Waals surface area contributed by atoms with E-state index in [-0.39, 0.29) is 17.7 Å². The van der Waals surface area contributed by atoms with Crippen molar-refractivity contribution in [1.82, 2.24) is 10.6 Å². The van der Waals surface area contributed by atoms with Gasteiger partial charge in [-0.2, -0.15) is 0 Å². The first kappa shape index (κ1) is 15.9. The summed E-state index contributed by atoms with van der Waals surface area (Å²) >= 11 is 0. The Kier molecular flexibility index (Phi) is 8.40. The van der Waals surface area contributed by atoms with Gasteiger partial charge in [-0.1, -0.05) is 20.8 Å². The summed E-state index contributed by atoms with van der Waals surface area (Å²) < 4.78 is 0. The second-order valence-electron chi connectivity index (χ2n) is 4.58. The number of nitrogens with one attached hydrogen (secondary N) is 2. The Hall–Kier alpha value is -1.10. The van der Waals surface area contributed by atoms with Crippen molar-refractivity contribution >= 4 is 11.8 Å². The summed E-state index contributed by atoms with van der Waals surface area (Å²) in [6.45, 7) is 7.39. The summed E-state index contributed by atoms with van der Waals surface area (Å²) in [4.78, 5) is 22.9. The van der Waals surface area contributed by atoms with Crippen LogP contribution in [0.25, 0.3) is 0 Å². The second kappa shape index (κ2) is 8.98. The molecule has 0 aliphatic heterocycles. The Morgan fingerprint density at radius 1 is 1.24 bits per heavy atom. The molecule has 1 atom stereocenters. The van der Waals surface area contributed by atoms with Gasteiger partial charge in [0, 0.05) is 32.0 Å². The van der Waals surface area contributed by atoms with Crippen LogP contribution in [0.1, 0.15) is 33.6 Å². The standard InChI is InChI=1S/C12H25N3O2/c1-4-10(7-13)12(17)14-6-5-11(16)15-8-9(2)3/h9-10H,4-8,13H2,1-3H3,(H,14,17)(H,15,16). The van der Waals surface area contributed by atoms with Crippen molar-refractivity contribution in [2.45, 2.75) is 33.6 Å². The third kappa shape index (κ3) is 7.74. The van der Waals surface area contributed by atoms with E-state index in [1.807, 2.05) is 20.8 Å². The first-order chi connectivity index (χ1) is 8.01. The highest BCUT2D eigenvalue weighted by Crippen LogP contribution is 1.99. The summed E-state index contributed by atoms with van der Waals surface area (Å²) in [7, 11) is 0. The summed E-state index contributed by atoms with van der Waals surface area (Å²) in [6.07, 6.45) is 1.04.